The van der Waals surface area contributed by atoms with Crippen LogP contribution in [0.4, 0.5) is 0 Å². The van der Waals surface area contributed by atoms with Gasteiger partial charge >= 0.3 is 0 Å². The molecule has 0 bridgehead atoms. The maximum absolute atomic E-state index is 2.74. The third kappa shape index (κ3) is 2.61. The average molecular weight is 225 g/mol. The maximum Gasteiger partial charge on any atom is 0.0180 e. The zero-order valence-corrected chi connectivity index (χ0v) is 12.6. The van der Waals surface area contributed by atoms with Gasteiger partial charge in [-0.25, -0.2) is 0 Å². The zero-order chi connectivity index (χ0) is 12.7. The van der Waals surface area contributed by atoms with Crippen LogP contribution in [0.3, 0.4) is 0 Å². The highest BCUT2D eigenvalue weighted by atomic mass is 15.3. The fraction of sp³-hybridized carbons (Fsp3) is 1.00. The zero-order valence-electron chi connectivity index (χ0n) is 12.6. The normalized spacial score (nSPS) is 33.4. The highest BCUT2D eigenvalue weighted by molar-refractivity contribution is 5.00. The lowest BCUT2D eigenvalue weighted by atomic mass is 9.75. The van der Waals surface area contributed by atoms with Crippen molar-refractivity contribution in [1.29, 1.82) is 0 Å². The Balaban J connectivity index is 3.03. The van der Waals surface area contributed by atoms with Crippen LogP contribution in [0.2, 0.25) is 0 Å². The van der Waals surface area contributed by atoms with Gasteiger partial charge in [0.2, 0.25) is 0 Å². The number of likely N-dealkylation sites (tertiary alicyclic amines) is 1. The Bertz CT molecular complexity index is 231. The predicted octanol–water partition coefficient (Wildman–Crippen LogP) is 4.18. The van der Waals surface area contributed by atoms with Crippen molar-refractivity contribution in [2.45, 2.75) is 73.4 Å². The molecule has 1 nitrogen and oxygen atoms in total. The van der Waals surface area contributed by atoms with Crippen molar-refractivity contribution >= 4 is 0 Å². The second kappa shape index (κ2) is 4.33. The van der Waals surface area contributed by atoms with E-state index in [0.717, 1.165) is 17.9 Å². The summed E-state index contributed by atoms with van der Waals surface area (Å²) in [6.07, 6.45) is 1.32. The van der Waals surface area contributed by atoms with E-state index < -0.39 is 0 Å². The molecule has 0 aliphatic carbocycles. The molecule has 1 saturated heterocycles. The molecule has 1 fully saturated rings. The van der Waals surface area contributed by atoms with Gasteiger partial charge in [0.05, 0.1) is 0 Å². The molecule has 0 spiro atoms. The summed E-state index contributed by atoms with van der Waals surface area (Å²) in [6, 6.07) is 0.729. The summed E-state index contributed by atoms with van der Waals surface area (Å²) < 4.78 is 0. The highest BCUT2D eigenvalue weighted by Crippen LogP contribution is 2.44. The lowest BCUT2D eigenvalue weighted by Gasteiger charge is -2.45. The van der Waals surface area contributed by atoms with Gasteiger partial charge in [-0.3, -0.25) is 4.90 Å². The van der Waals surface area contributed by atoms with E-state index in [1.807, 2.05) is 0 Å². The first-order valence-electron chi connectivity index (χ1n) is 6.85. The Morgan fingerprint density at radius 1 is 1.06 bits per heavy atom. The summed E-state index contributed by atoms with van der Waals surface area (Å²) in [6.45, 7) is 20.3. The van der Waals surface area contributed by atoms with Gasteiger partial charge in [0.1, 0.15) is 0 Å². The number of hydrogen-bond acceptors (Lipinski definition) is 1. The van der Waals surface area contributed by atoms with E-state index in [-0.39, 0.29) is 0 Å². The second-order valence-corrected chi connectivity index (χ2v) is 7.68. The van der Waals surface area contributed by atoms with Gasteiger partial charge in [0.15, 0.2) is 0 Å². The molecule has 1 rings (SSSR count). The fourth-order valence-corrected chi connectivity index (χ4v) is 3.53. The summed E-state index contributed by atoms with van der Waals surface area (Å²) in [4.78, 5) is 2.74. The Kier molecular flexibility index (Phi) is 3.79. The smallest absolute Gasteiger partial charge is 0.0180 e. The van der Waals surface area contributed by atoms with Gasteiger partial charge in [0, 0.05) is 18.1 Å². The van der Waals surface area contributed by atoms with Crippen LogP contribution in [0, 0.1) is 17.3 Å². The molecule has 1 heterocycles. The Hall–Kier alpha value is -0.0400. The first-order valence-corrected chi connectivity index (χ1v) is 6.85. The lowest BCUT2D eigenvalue weighted by Crippen LogP contribution is -2.51. The molecule has 0 amide bonds. The van der Waals surface area contributed by atoms with Crippen molar-refractivity contribution in [2.24, 2.45) is 17.3 Å². The maximum atomic E-state index is 2.74. The SMILES string of the molecule is CCC1C(C)CN(C(C)(C)C)C1C(C)(C)C. The minimum absolute atomic E-state index is 0.302. The van der Waals surface area contributed by atoms with Gasteiger partial charge in [-0.15, -0.1) is 0 Å². The lowest BCUT2D eigenvalue weighted by molar-refractivity contribution is 0.0384. The van der Waals surface area contributed by atoms with Gasteiger partial charge < -0.3 is 0 Å². The van der Waals surface area contributed by atoms with Crippen LogP contribution in [0.1, 0.15) is 61.8 Å². The summed E-state index contributed by atoms with van der Waals surface area (Å²) >= 11 is 0. The average Bonchev–Trinajstić information content (AvgIpc) is 2.40. The Morgan fingerprint density at radius 3 is 1.88 bits per heavy atom. The topological polar surface area (TPSA) is 3.24 Å². The molecule has 1 heteroatoms. The standard InChI is InChI=1S/C15H31N/c1-9-12-11(2)10-16(15(6,7)8)13(12)14(3,4)5/h11-13H,9-10H2,1-8H3. The van der Waals surface area contributed by atoms with Gasteiger partial charge in [-0.2, -0.15) is 0 Å². The largest absolute Gasteiger partial charge is 0.294 e. The third-order valence-corrected chi connectivity index (χ3v) is 4.18. The molecular formula is C15H31N. The summed E-state index contributed by atoms with van der Waals surface area (Å²) in [7, 11) is 0. The first-order chi connectivity index (χ1) is 7.09. The van der Waals surface area contributed by atoms with Crippen molar-refractivity contribution in [3.8, 4) is 0 Å². The second-order valence-electron chi connectivity index (χ2n) is 7.68. The van der Waals surface area contributed by atoms with E-state index in [1.165, 1.54) is 13.0 Å². The van der Waals surface area contributed by atoms with Crippen molar-refractivity contribution < 1.29 is 0 Å². The molecule has 0 N–H and O–H groups in total. The van der Waals surface area contributed by atoms with Gasteiger partial charge in [0.25, 0.3) is 0 Å². The van der Waals surface area contributed by atoms with Crippen LogP contribution in [-0.2, 0) is 0 Å². The van der Waals surface area contributed by atoms with Crippen molar-refractivity contribution in [1.82, 2.24) is 4.90 Å². The highest BCUT2D eigenvalue weighted by Gasteiger charge is 2.47. The molecule has 0 aromatic carbocycles. The molecule has 1 aliphatic rings. The fourth-order valence-electron chi connectivity index (χ4n) is 3.53. The molecular weight excluding hydrogens is 194 g/mol. The molecule has 0 saturated carbocycles. The number of rotatable bonds is 1. The summed E-state index contributed by atoms with van der Waals surface area (Å²) in [5.41, 5.74) is 0.689. The third-order valence-electron chi connectivity index (χ3n) is 4.18. The summed E-state index contributed by atoms with van der Waals surface area (Å²) in [5, 5.41) is 0. The van der Waals surface area contributed by atoms with Crippen LogP contribution in [0.5, 0.6) is 0 Å². The molecule has 3 atom stereocenters. The number of nitrogens with zero attached hydrogens (tertiary/aromatic N) is 1. The molecule has 0 aromatic rings. The van der Waals surface area contributed by atoms with E-state index in [2.05, 4.69) is 60.3 Å². The van der Waals surface area contributed by atoms with Crippen LogP contribution in [0.25, 0.3) is 0 Å². The monoisotopic (exact) mass is 225 g/mol. The van der Waals surface area contributed by atoms with Crippen LogP contribution in [0.15, 0.2) is 0 Å². The van der Waals surface area contributed by atoms with Gasteiger partial charge in [-0.1, -0.05) is 41.0 Å². The molecule has 0 aromatic heterocycles. The van der Waals surface area contributed by atoms with E-state index in [4.69, 9.17) is 0 Å². The summed E-state index contributed by atoms with van der Waals surface area (Å²) in [5.74, 6) is 1.70. The van der Waals surface area contributed by atoms with E-state index >= 15 is 0 Å². The number of hydrogen-bond donors (Lipinski definition) is 0. The van der Waals surface area contributed by atoms with Gasteiger partial charge in [-0.05, 0) is 38.0 Å². The molecule has 16 heavy (non-hydrogen) atoms. The van der Waals surface area contributed by atoms with Crippen molar-refractivity contribution in [2.75, 3.05) is 6.54 Å². The van der Waals surface area contributed by atoms with E-state index in [0.29, 0.717) is 11.0 Å². The van der Waals surface area contributed by atoms with Crippen LogP contribution >= 0.6 is 0 Å². The van der Waals surface area contributed by atoms with E-state index in [1.54, 1.807) is 0 Å². The first kappa shape index (κ1) is 14.0. The molecule has 3 unspecified atom stereocenters. The quantitative estimate of drug-likeness (QED) is 0.647. The van der Waals surface area contributed by atoms with Crippen molar-refractivity contribution in [3.63, 3.8) is 0 Å². The molecule has 96 valence electrons. The van der Waals surface area contributed by atoms with E-state index in [9.17, 15) is 0 Å². The Morgan fingerprint density at radius 2 is 1.56 bits per heavy atom. The minimum atomic E-state index is 0.302. The van der Waals surface area contributed by atoms with Crippen molar-refractivity contribution in [3.05, 3.63) is 0 Å². The molecule has 0 radical (unpaired) electrons. The molecule has 1 aliphatic heterocycles. The minimum Gasteiger partial charge on any atom is -0.294 e. The van der Waals surface area contributed by atoms with Crippen LogP contribution in [-0.4, -0.2) is 23.0 Å². The Labute approximate surface area is 103 Å². The predicted molar refractivity (Wildman–Crippen MR) is 72.6 cm³/mol. The van der Waals surface area contributed by atoms with Crippen LogP contribution < -0.4 is 0 Å².